The molecule has 3 rings (SSSR count). The van der Waals surface area contributed by atoms with Crippen LogP contribution in [0.25, 0.3) is 11.1 Å². The summed E-state index contributed by atoms with van der Waals surface area (Å²) in [5, 5.41) is 13.8. The van der Waals surface area contributed by atoms with Crippen LogP contribution in [0.5, 0.6) is 0 Å². The summed E-state index contributed by atoms with van der Waals surface area (Å²) >= 11 is 5.90. The second-order valence-electron chi connectivity index (χ2n) is 5.42. The van der Waals surface area contributed by atoms with Gasteiger partial charge in [-0.3, -0.25) is 4.79 Å². The maximum atomic E-state index is 12.9. The molecular weight excluding hydrogens is 326 g/mol. The molecule has 0 spiro atoms. The summed E-state index contributed by atoms with van der Waals surface area (Å²) in [6.07, 6.45) is 0.371. The first-order valence-electron chi connectivity index (χ1n) is 7.57. The highest BCUT2D eigenvalue weighted by Gasteiger charge is 2.21. The van der Waals surface area contributed by atoms with Gasteiger partial charge < -0.3 is 9.63 Å². The van der Waals surface area contributed by atoms with Gasteiger partial charge in [0.25, 0.3) is 0 Å². The minimum Gasteiger partial charge on any atom is -0.396 e. The maximum Gasteiger partial charge on any atom is 0.193 e. The zero-order chi connectivity index (χ0) is 17.1. The van der Waals surface area contributed by atoms with Gasteiger partial charge in [-0.25, -0.2) is 0 Å². The Kier molecular flexibility index (Phi) is 4.79. The molecule has 0 bridgehead atoms. The lowest BCUT2D eigenvalue weighted by Crippen LogP contribution is -2.04. The molecule has 0 radical (unpaired) electrons. The molecule has 4 nitrogen and oxygen atoms in total. The van der Waals surface area contributed by atoms with Crippen LogP contribution < -0.4 is 0 Å². The van der Waals surface area contributed by atoms with Crippen molar-refractivity contribution in [2.45, 2.75) is 13.3 Å². The van der Waals surface area contributed by atoms with Gasteiger partial charge in [-0.15, -0.1) is 0 Å². The number of aromatic nitrogens is 1. The molecule has 0 aliphatic heterocycles. The van der Waals surface area contributed by atoms with Gasteiger partial charge in [0.05, 0.1) is 5.69 Å². The largest absolute Gasteiger partial charge is 0.396 e. The Labute approximate surface area is 144 Å². The molecule has 0 aliphatic rings. The van der Waals surface area contributed by atoms with Crippen molar-refractivity contribution in [3.63, 3.8) is 0 Å². The van der Waals surface area contributed by atoms with Crippen molar-refractivity contribution in [1.82, 2.24) is 5.16 Å². The van der Waals surface area contributed by atoms with E-state index in [1.54, 1.807) is 37.3 Å². The Balaban J connectivity index is 2.11. The molecule has 0 fully saturated rings. The third-order valence-corrected chi connectivity index (χ3v) is 4.08. The number of hydrogen-bond donors (Lipinski definition) is 1. The molecular formula is C19H16ClNO3. The number of aliphatic hydroxyl groups is 1. The average molecular weight is 342 g/mol. The summed E-state index contributed by atoms with van der Waals surface area (Å²) in [7, 11) is 0. The van der Waals surface area contributed by atoms with E-state index in [2.05, 4.69) is 5.16 Å². The van der Waals surface area contributed by atoms with Crippen molar-refractivity contribution < 1.29 is 14.4 Å². The molecule has 0 amide bonds. The monoisotopic (exact) mass is 341 g/mol. The zero-order valence-electron chi connectivity index (χ0n) is 13.1. The fourth-order valence-electron chi connectivity index (χ4n) is 2.70. The molecule has 1 N–H and O–H groups in total. The van der Waals surface area contributed by atoms with Crippen LogP contribution in [0.4, 0.5) is 0 Å². The summed E-state index contributed by atoms with van der Waals surface area (Å²) < 4.78 is 5.27. The third kappa shape index (κ3) is 3.11. The van der Waals surface area contributed by atoms with Crippen molar-refractivity contribution in [2.24, 2.45) is 0 Å². The smallest absolute Gasteiger partial charge is 0.193 e. The highest BCUT2D eigenvalue weighted by Crippen LogP contribution is 2.31. The first kappa shape index (κ1) is 16.4. The van der Waals surface area contributed by atoms with E-state index in [4.69, 9.17) is 16.1 Å². The lowest BCUT2D eigenvalue weighted by molar-refractivity contribution is 0.103. The number of rotatable bonds is 5. The molecule has 0 unspecified atom stereocenters. The quantitative estimate of drug-likeness (QED) is 0.710. The topological polar surface area (TPSA) is 63.3 Å². The Morgan fingerprint density at radius 2 is 1.88 bits per heavy atom. The number of carbonyl (C=O) groups is 1. The van der Waals surface area contributed by atoms with Crippen LogP contribution in [0.15, 0.2) is 53.1 Å². The van der Waals surface area contributed by atoms with Crippen LogP contribution in [0, 0.1) is 6.92 Å². The molecule has 1 heterocycles. The van der Waals surface area contributed by atoms with Crippen molar-refractivity contribution in [3.05, 3.63) is 76.1 Å². The molecule has 122 valence electrons. The molecule has 0 aliphatic carbocycles. The Morgan fingerprint density at radius 3 is 2.58 bits per heavy atom. The van der Waals surface area contributed by atoms with Gasteiger partial charge in [0.2, 0.25) is 0 Å². The fraction of sp³-hybridized carbons (Fsp3) is 0.158. The van der Waals surface area contributed by atoms with E-state index < -0.39 is 0 Å². The van der Waals surface area contributed by atoms with E-state index >= 15 is 0 Å². The van der Waals surface area contributed by atoms with Gasteiger partial charge >= 0.3 is 0 Å². The molecule has 0 saturated heterocycles. The van der Waals surface area contributed by atoms with Crippen LogP contribution in [0.2, 0.25) is 5.02 Å². The highest BCUT2D eigenvalue weighted by molar-refractivity contribution is 6.30. The Bertz CT molecular complexity index is 869. The van der Waals surface area contributed by atoms with Crippen LogP contribution >= 0.6 is 11.6 Å². The number of halogens is 1. The minimum absolute atomic E-state index is 0.0354. The predicted octanol–water partition coefficient (Wildman–Crippen LogP) is 4.07. The summed E-state index contributed by atoms with van der Waals surface area (Å²) in [5.41, 5.74) is 3.28. The van der Waals surface area contributed by atoms with E-state index in [1.807, 2.05) is 18.2 Å². The van der Waals surface area contributed by atoms with Gasteiger partial charge in [0.15, 0.2) is 5.78 Å². The van der Waals surface area contributed by atoms with Gasteiger partial charge in [0.1, 0.15) is 5.76 Å². The number of benzene rings is 2. The van der Waals surface area contributed by atoms with Crippen molar-refractivity contribution in [3.8, 4) is 11.1 Å². The van der Waals surface area contributed by atoms with E-state index in [1.165, 1.54) is 0 Å². The lowest BCUT2D eigenvalue weighted by atomic mass is 9.92. The summed E-state index contributed by atoms with van der Waals surface area (Å²) in [5.74, 6) is 0.521. The van der Waals surface area contributed by atoms with Crippen molar-refractivity contribution >= 4 is 17.4 Å². The number of ketones is 1. The minimum atomic E-state index is -0.0992. The second-order valence-corrected chi connectivity index (χ2v) is 5.85. The molecule has 24 heavy (non-hydrogen) atoms. The summed E-state index contributed by atoms with van der Waals surface area (Å²) in [4.78, 5) is 12.9. The number of nitrogens with zero attached hydrogens (tertiary/aromatic N) is 1. The van der Waals surface area contributed by atoms with Gasteiger partial charge in [-0.2, -0.15) is 0 Å². The van der Waals surface area contributed by atoms with E-state index in [-0.39, 0.29) is 12.4 Å². The highest BCUT2D eigenvalue weighted by atomic mass is 35.5. The normalized spacial score (nSPS) is 10.8. The van der Waals surface area contributed by atoms with Crippen LogP contribution in [0.3, 0.4) is 0 Å². The number of aliphatic hydroxyl groups excluding tert-OH is 1. The Hall–Kier alpha value is -2.43. The van der Waals surface area contributed by atoms with Crippen molar-refractivity contribution in [2.75, 3.05) is 6.61 Å². The van der Waals surface area contributed by atoms with Crippen LogP contribution in [0.1, 0.15) is 27.4 Å². The van der Waals surface area contributed by atoms with Crippen LogP contribution in [-0.2, 0) is 6.42 Å². The number of hydrogen-bond acceptors (Lipinski definition) is 4. The Morgan fingerprint density at radius 1 is 1.17 bits per heavy atom. The first-order valence-corrected chi connectivity index (χ1v) is 7.95. The average Bonchev–Trinajstić information content (AvgIpc) is 2.96. The lowest BCUT2D eigenvalue weighted by Gasteiger charge is -2.09. The van der Waals surface area contributed by atoms with Crippen molar-refractivity contribution in [1.29, 1.82) is 0 Å². The third-order valence-electron chi connectivity index (χ3n) is 3.83. The summed E-state index contributed by atoms with van der Waals surface area (Å²) in [6.45, 7) is 1.76. The first-order chi connectivity index (χ1) is 11.6. The predicted molar refractivity (Wildman–Crippen MR) is 92.4 cm³/mol. The van der Waals surface area contributed by atoms with E-state index in [0.29, 0.717) is 34.0 Å². The van der Waals surface area contributed by atoms with E-state index in [9.17, 15) is 9.90 Å². The molecule has 5 heteroatoms. The fourth-order valence-corrected chi connectivity index (χ4v) is 2.82. The number of aryl methyl sites for hydroxylation is 1. The van der Waals surface area contributed by atoms with Gasteiger partial charge in [-0.1, -0.05) is 41.0 Å². The second kappa shape index (κ2) is 6.99. The molecule has 2 aromatic carbocycles. The standard InChI is InChI=1S/C19H16ClNO3/c1-12-18(17(10-11-22)21-24-12)15-4-2-3-5-16(15)19(23)13-6-8-14(20)9-7-13/h2-9,22H,10-11H2,1H3. The van der Waals surface area contributed by atoms with Gasteiger partial charge in [0, 0.05) is 34.7 Å². The SMILES string of the molecule is Cc1onc(CCO)c1-c1ccccc1C(=O)c1ccc(Cl)cc1. The summed E-state index contributed by atoms with van der Waals surface area (Å²) in [6, 6.07) is 14.1. The zero-order valence-corrected chi connectivity index (χ0v) is 13.9. The number of carbonyl (C=O) groups excluding carboxylic acids is 1. The molecule has 1 aromatic heterocycles. The van der Waals surface area contributed by atoms with Crippen LogP contribution in [-0.4, -0.2) is 22.7 Å². The van der Waals surface area contributed by atoms with E-state index in [0.717, 1.165) is 11.1 Å². The molecule has 3 aromatic rings. The molecule has 0 saturated carbocycles. The maximum absolute atomic E-state index is 12.9. The van der Waals surface area contributed by atoms with Gasteiger partial charge in [-0.05, 0) is 36.8 Å². The molecule has 0 atom stereocenters.